The largest absolute Gasteiger partial charge is 0.369 e. The Morgan fingerprint density at radius 1 is 1.25 bits per heavy atom. The summed E-state index contributed by atoms with van der Waals surface area (Å²) in [5, 5.41) is 3.33. The van der Waals surface area contributed by atoms with Gasteiger partial charge in [-0.05, 0) is 62.5 Å². The zero-order valence-electron chi connectivity index (χ0n) is 12.5. The van der Waals surface area contributed by atoms with E-state index in [1.54, 1.807) is 0 Å². The minimum Gasteiger partial charge on any atom is -0.369 e. The average Bonchev–Trinajstić information content (AvgIpc) is 2.66. The van der Waals surface area contributed by atoms with Crippen LogP contribution in [0.3, 0.4) is 0 Å². The second-order valence-corrected chi connectivity index (χ2v) is 6.87. The van der Waals surface area contributed by atoms with Gasteiger partial charge in [0.05, 0.1) is 10.2 Å². The van der Waals surface area contributed by atoms with Gasteiger partial charge in [0.1, 0.15) is 11.6 Å². The molecule has 0 saturated carbocycles. The molecular formula is C15H23BrN4. The molecule has 3 heterocycles. The van der Waals surface area contributed by atoms with Gasteiger partial charge in [-0.1, -0.05) is 0 Å². The number of nitrogens with one attached hydrogen (secondary N) is 1. The van der Waals surface area contributed by atoms with Crippen molar-refractivity contribution in [1.82, 2.24) is 14.9 Å². The van der Waals surface area contributed by atoms with Crippen molar-refractivity contribution in [2.75, 3.05) is 18.9 Å². The van der Waals surface area contributed by atoms with Gasteiger partial charge in [0.25, 0.3) is 0 Å². The molecule has 2 saturated heterocycles. The van der Waals surface area contributed by atoms with Crippen LogP contribution in [-0.2, 0) is 0 Å². The van der Waals surface area contributed by atoms with Crippen LogP contribution >= 0.6 is 15.9 Å². The van der Waals surface area contributed by atoms with E-state index < -0.39 is 0 Å². The van der Waals surface area contributed by atoms with Gasteiger partial charge >= 0.3 is 0 Å². The first-order valence-electron chi connectivity index (χ1n) is 7.60. The molecule has 2 bridgehead atoms. The van der Waals surface area contributed by atoms with Crippen molar-refractivity contribution in [1.29, 1.82) is 0 Å². The van der Waals surface area contributed by atoms with Crippen LogP contribution in [0, 0.1) is 6.92 Å². The normalized spacial score (nSPS) is 29.7. The fraction of sp³-hybridized carbons (Fsp3) is 0.733. The Morgan fingerprint density at radius 2 is 1.90 bits per heavy atom. The highest BCUT2D eigenvalue weighted by Crippen LogP contribution is 2.41. The smallest absolute Gasteiger partial charge is 0.144 e. The molecule has 1 aromatic rings. The summed E-state index contributed by atoms with van der Waals surface area (Å²) < 4.78 is 0.999. The van der Waals surface area contributed by atoms with Crippen molar-refractivity contribution in [2.24, 2.45) is 0 Å². The van der Waals surface area contributed by atoms with Crippen molar-refractivity contribution >= 4 is 21.7 Å². The van der Waals surface area contributed by atoms with E-state index in [2.05, 4.69) is 47.0 Å². The van der Waals surface area contributed by atoms with Crippen molar-refractivity contribution in [3.8, 4) is 0 Å². The molecule has 0 aliphatic carbocycles. The number of anilines is 1. The number of aromatic nitrogens is 2. The molecular weight excluding hydrogens is 316 g/mol. The van der Waals surface area contributed by atoms with E-state index >= 15 is 0 Å². The van der Waals surface area contributed by atoms with Crippen molar-refractivity contribution in [3.63, 3.8) is 0 Å². The summed E-state index contributed by atoms with van der Waals surface area (Å²) in [7, 11) is 2.27. The first-order chi connectivity index (χ1) is 9.60. The average molecular weight is 339 g/mol. The number of hydrogen-bond donors (Lipinski definition) is 1. The molecule has 0 spiro atoms. The zero-order valence-corrected chi connectivity index (χ0v) is 14.1. The molecule has 4 nitrogen and oxygen atoms in total. The van der Waals surface area contributed by atoms with E-state index in [-0.39, 0.29) is 0 Å². The Morgan fingerprint density at radius 3 is 2.50 bits per heavy atom. The molecule has 5 heteroatoms. The lowest BCUT2D eigenvalue weighted by Gasteiger charge is -2.35. The monoisotopic (exact) mass is 338 g/mol. The molecule has 2 unspecified atom stereocenters. The van der Waals surface area contributed by atoms with Crippen LogP contribution < -0.4 is 5.32 Å². The number of aryl methyl sites for hydroxylation is 1. The van der Waals surface area contributed by atoms with E-state index in [0.717, 1.165) is 40.4 Å². The van der Waals surface area contributed by atoms with Crippen LogP contribution in [0.2, 0.25) is 0 Å². The molecule has 2 fully saturated rings. The lowest BCUT2D eigenvalue weighted by Crippen LogP contribution is -2.39. The molecule has 110 valence electrons. The summed E-state index contributed by atoms with van der Waals surface area (Å²) in [5.74, 6) is 2.50. The second kappa shape index (κ2) is 5.60. The molecule has 1 aromatic heterocycles. The molecule has 3 rings (SSSR count). The SMILES string of the molecule is CCNc1nc(C2CC3CCC(C2)N3C)nc(C)c1Br. The number of halogens is 1. The fourth-order valence-corrected chi connectivity index (χ4v) is 3.99. The summed E-state index contributed by atoms with van der Waals surface area (Å²) in [5.41, 5.74) is 1.04. The van der Waals surface area contributed by atoms with Crippen molar-refractivity contribution in [3.05, 3.63) is 16.0 Å². The highest BCUT2D eigenvalue weighted by atomic mass is 79.9. The highest BCUT2D eigenvalue weighted by molar-refractivity contribution is 9.10. The van der Waals surface area contributed by atoms with E-state index in [0.29, 0.717) is 5.92 Å². The molecule has 2 atom stereocenters. The van der Waals surface area contributed by atoms with Crippen molar-refractivity contribution in [2.45, 2.75) is 57.5 Å². The predicted molar refractivity (Wildman–Crippen MR) is 85.2 cm³/mol. The lowest BCUT2D eigenvalue weighted by molar-refractivity contribution is 0.159. The third-order valence-corrected chi connectivity index (χ3v) is 5.79. The van der Waals surface area contributed by atoms with Crippen LogP contribution in [0.25, 0.3) is 0 Å². The third kappa shape index (κ3) is 2.46. The van der Waals surface area contributed by atoms with Crippen LogP contribution in [-0.4, -0.2) is 40.5 Å². The number of piperidine rings is 1. The maximum Gasteiger partial charge on any atom is 0.144 e. The first kappa shape index (κ1) is 14.3. The highest BCUT2D eigenvalue weighted by Gasteiger charge is 2.40. The maximum atomic E-state index is 4.78. The Hall–Kier alpha value is -0.680. The van der Waals surface area contributed by atoms with Crippen molar-refractivity contribution < 1.29 is 0 Å². The first-order valence-corrected chi connectivity index (χ1v) is 8.39. The van der Waals surface area contributed by atoms with Gasteiger partial charge in [0, 0.05) is 24.5 Å². The Balaban J connectivity index is 1.87. The van der Waals surface area contributed by atoms with Gasteiger partial charge in [-0.25, -0.2) is 9.97 Å². The number of rotatable bonds is 3. The maximum absolute atomic E-state index is 4.78. The third-order valence-electron chi connectivity index (χ3n) is 4.84. The quantitative estimate of drug-likeness (QED) is 0.917. The fourth-order valence-electron chi connectivity index (χ4n) is 3.67. The van der Waals surface area contributed by atoms with E-state index in [4.69, 9.17) is 9.97 Å². The van der Waals surface area contributed by atoms with Crippen LogP contribution in [0.1, 0.15) is 50.0 Å². The molecule has 1 N–H and O–H groups in total. The van der Waals surface area contributed by atoms with E-state index in [1.807, 2.05) is 0 Å². The van der Waals surface area contributed by atoms with Gasteiger partial charge in [0.15, 0.2) is 0 Å². The second-order valence-electron chi connectivity index (χ2n) is 6.08. The van der Waals surface area contributed by atoms with Crippen LogP contribution in [0.5, 0.6) is 0 Å². The summed E-state index contributed by atoms with van der Waals surface area (Å²) in [6, 6.07) is 1.46. The summed E-state index contributed by atoms with van der Waals surface area (Å²) in [6.45, 7) is 5.03. The predicted octanol–water partition coefficient (Wildman–Crippen LogP) is 3.32. The minimum absolute atomic E-state index is 0.521. The molecule has 2 aliphatic heterocycles. The standard InChI is InChI=1S/C15H23BrN4/c1-4-17-15-13(16)9(2)18-14(19-15)10-7-11-5-6-12(8-10)20(11)3/h10-12H,4-8H2,1-3H3,(H,17,18,19). The summed E-state index contributed by atoms with van der Waals surface area (Å²) in [4.78, 5) is 12.1. The Bertz CT molecular complexity index is 491. The topological polar surface area (TPSA) is 41.1 Å². The zero-order chi connectivity index (χ0) is 14.3. The number of hydrogen-bond acceptors (Lipinski definition) is 4. The van der Waals surface area contributed by atoms with Gasteiger partial charge in [0.2, 0.25) is 0 Å². The Kier molecular flexibility index (Phi) is 4.00. The summed E-state index contributed by atoms with van der Waals surface area (Å²) in [6.07, 6.45) is 5.10. The number of nitrogens with zero attached hydrogens (tertiary/aromatic N) is 3. The van der Waals surface area contributed by atoms with Crippen LogP contribution in [0.15, 0.2) is 4.47 Å². The summed E-state index contributed by atoms with van der Waals surface area (Å²) >= 11 is 3.59. The molecule has 20 heavy (non-hydrogen) atoms. The van der Waals surface area contributed by atoms with Gasteiger partial charge in [-0.2, -0.15) is 0 Å². The molecule has 0 aromatic carbocycles. The van der Waals surface area contributed by atoms with Gasteiger partial charge in [-0.3, -0.25) is 0 Å². The van der Waals surface area contributed by atoms with Crippen LogP contribution in [0.4, 0.5) is 5.82 Å². The molecule has 0 radical (unpaired) electrons. The van der Waals surface area contributed by atoms with Gasteiger partial charge < -0.3 is 10.2 Å². The van der Waals surface area contributed by atoms with Gasteiger partial charge in [-0.15, -0.1) is 0 Å². The molecule has 0 amide bonds. The minimum atomic E-state index is 0.521. The molecule has 2 aliphatic rings. The Labute approximate surface area is 129 Å². The van der Waals surface area contributed by atoms with E-state index in [1.165, 1.54) is 25.7 Å². The number of fused-ring (bicyclic) bond motifs is 2. The van der Waals surface area contributed by atoms with E-state index in [9.17, 15) is 0 Å². The lowest BCUT2D eigenvalue weighted by atomic mass is 9.90.